The monoisotopic (exact) mass is 152 g/mol. The Labute approximate surface area is 65.6 Å². The third-order valence-corrected chi connectivity index (χ3v) is 2.08. The van der Waals surface area contributed by atoms with Crippen LogP contribution in [0, 0.1) is 0 Å². The molecule has 4 heteroatoms. The van der Waals surface area contributed by atoms with Gasteiger partial charge in [0, 0.05) is 32.2 Å². The van der Waals surface area contributed by atoms with E-state index in [1.807, 2.05) is 12.4 Å². The molecule has 11 heavy (non-hydrogen) atoms. The molecule has 60 valence electrons. The average molecular weight is 152 g/mol. The standard InChI is InChI=1S/C7H12N4/c8-6-10-3-4-11-2-1-9-7(11)5-10/h1-2H,3-6,8H2. The fraction of sp³-hybridized carbons (Fsp3) is 0.571. The van der Waals surface area contributed by atoms with Gasteiger partial charge in [0.2, 0.25) is 0 Å². The Morgan fingerprint density at radius 1 is 1.55 bits per heavy atom. The third-order valence-electron chi connectivity index (χ3n) is 2.08. The van der Waals surface area contributed by atoms with Gasteiger partial charge < -0.3 is 10.3 Å². The fourth-order valence-electron chi connectivity index (χ4n) is 1.38. The minimum absolute atomic E-state index is 0.632. The lowest BCUT2D eigenvalue weighted by Crippen LogP contribution is -2.37. The van der Waals surface area contributed by atoms with Crippen LogP contribution in [0.5, 0.6) is 0 Å². The molecular weight excluding hydrogens is 140 g/mol. The molecule has 0 radical (unpaired) electrons. The Bertz CT molecular complexity index is 242. The van der Waals surface area contributed by atoms with E-state index >= 15 is 0 Å². The Morgan fingerprint density at radius 3 is 3.27 bits per heavy atom. The zero-order chi connectivity index (χ0) is 7.68. The summed E-state index contributed by atoms with van der Waals surface area (Å²) in [6.45, 7) is 3.59. The van der Waals surface area contributed by atoms with Crippen LogP contribution in [0.4, 0.5) is 0 Å². The molecule has 2 N–H and O–H groups in total. The van der Waals surface area contributed by atoms with Crippen molar-refractivity contribution in [1.82, 2.24) is 14.5 Å². The number of nitrogens with zero attached hydrogens (tertiary/aromatic N) is 3. The molecule has 0 amide bonds. The van der Waals surface area contributed by atoms with Crippen molar-refractivity contribution in [3.63, 3.8) is 0 Å². The number of imidazole rings is 1. The summed E-state index contributed by atoms with van der Waals surface area (Å²) < 4.78 is 2.17. The third kappa shape index (κ3) is 1.15. The predicted molar refractivity (Wildman–Crippen MR) is 41.7 cm³/mol. The minimum Gasteiger partial charge on any atom is -0.333 e. The van der Waals surface area contributed by atoms with Gasteiger partial charge in [0.15, 0.2) is 0 Å². The minimum atomic E-state index is 0.632. The second kappa shape index (κ2) is 2.64. The molecule has 1 aliphatic rings. The molecule has 0 atom stereocenters. The van der Waals surface area contributed by atoms with Crippen molar-refractivity contribution in [3.05, 3.63) is 18.2 Å². The average Bonchev–Trinajstić information content (AvgIpc) is 2.50. The molecule has 0 unspecified atom stereocenters. The molecule has 0 bridgehead atoms. The highest BCUT2D eigenvalue weighted by molar-refractivity contribution is 4.95. The van der Waals surface area contributed by atoms with Crippen LogP contribution in [0.2, 0.25) is 0 Å². The van der Waals surface area contributed by atoms with Crippen LogP contribution < -0.4 is 5.73 Å². The van der Waals surface area contributed by atoms with Crippen LogP contribution in [0.1, 0.15) is 5.82 Å². The maximum atomic E-state index is 5.52. The van der Waals surface area contributed by atoms with Crippen LogP contribution >= 0.6 is 0 Å². The van der Waals surface area contributed by atoms with Gasteiger partial charge in [-0.25, -0.2) is 4.98 Å². The molecule has 0 saturated carbocycles. The Hall–Kier alpha value is -0.870. The molecule has 1 aromatic heterocycles. The fourth-order valence-corrected chi connectivity index (χ4v) is 1.38. The summed E-state index contributed by atoms with van der Waals surface area (Å²) in [4.78, 5) is 6.40. The Balaban J connectivity index is 2.18. The molecule has 2 heterocycles. The number of fused-ring (bicyclic) bond motifs is 1. The van der Waals surface area contributed by atoms with E-state index in [0.717, 1.165) is 25.5 Å². The summed E-state index contributed by atoms with van der Waals surface area (Å²) in [7, 11) is 0. The van der Waals surface area contributed by atoms with Gasteiger partial charge in [-0.3, -0.25) is 4.90 Å². The van der Waals surface area contributed by atoms with E-state index in [1.165, 1.54) is 0 Å². The molecule has 0 aliphatic carbocycles. The molecule has 1 aromatic rings. The second-order valence-electron chi connectivity index (χ2n) is 2.77. The normalized spacial score (nSPS) is 18.3. The van der Waals surface area contributed by atoms with Crippen molar-refractivity contribution in [2.24, 2.45) is 5.73 Å². The van der Waals surface area contributed by atoms with Gasteiger partial charge >= 0.3 is 0 Å². The van der Waals surface area contributed by atoms with E-state index in [-0.39, 0.29) is 0 Å². The lowest BCUT2D eigenvalue weighted by molar-refractivity contribution is 0.223. The maximum absolute atomic E-state index is 5.52. The summed E-state index contributed by atoms with van der Waals surface area (Å²) >= 11 is 0. The van der Waals surface area contributed by atoms with Gasteiger partial charge in [-0.15, -0.1) is 0 Å². The highest BCUT2D eigenvalue weighted by atomic mass is 15.3. The molecule has 4 nitrogen and oxygen atoms in total. The van der Waals surface area contributed by atoms with Gasteiger partial charge in [-0.1, -0.05) is 0 Å². The zero-order valence-electron chi connectivity index (χ0n) is 6.40. The number of hydrogen-bond donors (Lipinski definition) is 1. The van der Waals surface area contributed by atoms with Crippen molar-refractivity contribution < 1.29 is 0 Å². The first kappa shape index (κ1) is 6.82. The first-order chi connectivity index (χ1) is 5.40. The van der Waals surface area contributed by atoms with Crippen molar-refractivity contribution in [1.29, 1.82) is 0 Å². The van der Waals surface area contributed by atoms with Gasteiger partial charge in [0.05, 0.1) is 6.54 Å². The first-order valence-electron chi connectivity index (χ1n) is 3.82. The zero-order valence-corrected chi connectivity index (χ0v) is 6.40. The van der Waals surface area contributed by atoms with Gasteiger partial charge in [-0.05, 0) is 0 Å². The number of rotatable bonds is 1. The SMILES string of the molecule is NCN1CCn2ccnc2C1. The van der Waals surface area contributed by atoms with Gasteiger partial charge in [0.1, 0.15) is 5.82 Å². The Morgan fingerprint density at radius 2 is 2.45 bits per heavy atom. The summed E-state index contributed by atoms with van der Waals surface area (Å²) in [5.41, 5.74) is 5.52. The lowest BCUT2D eigenvalue weighted by atomic mass is 10.4. The first-order valence-corrected chi connectivity index (χ1v) is 3.82. The van der Waals surface area contributed by atoms with E-state index < -0.39 is 0 Å². The molecule has 2 rings (SSSR count). The van der Waals surface area contributed by atoms with E-state index in [1.54, 1.807) is 0 Å². The highest BCUT2D eigenvalue weighted by Crippen LogP contribution is 2.07. The van der Waals surface area contributed by atoms with Crippen molar-refractivity contribution in [3.8, 4) is 0 Å². The lowest BCUT2D eigenvalue weighted by Gasteiger charge is -2.25. The number of aromatic nitrogens is 2. The van der Waals surface area contributed by atoms with Crippen LogP contribution in [-0.4, -0.2) is 27.7 Å². The van der Waals surface area contributed by atoms with Crippen LogP contribution in [0.15, 0.2) is 12.4 Å². The topological polar surface area (TPSA) is 47.1 Å². The molecule has 0 fully saturated rings. The quantitative estimate of drug-likeness (QED) is 0.596. The molecule has 0 spiro atoms. The van der Waals surface area contributed by atoms with E-state index in [9.17, 15) is 0 Å². The van der Waals surface area contributed by atoms with Crippen molar-refractivity contribution >= 4 is 0 Å². The van der Waals surface area contributed by atoms with Crippen LogP contribution in [-0.2, 0) is 13.1 Å². The molecule has 0 saturated heterocycles. The molecule has 1 aliphatic heterocycles. The van der Waals surface area contributed by atoms with Gasteiger partial charge in [0.25, 0.3) is 0 Å². The smallest absolute Gasteiger partial charge is 0.122 e. The van der Waals surface area contributed by atoms with Crippen molar-refractivity contribution in [2.45, 2.75) is 13.1 Å². The second-order valence-corrected chi connectivity index (χ2v) is 2.77. The molecule has 0 aromatic carbocycles. The van der Waals surface area contributed by atoms with Gasteiger partial charge in [-0.2, -0.15) is 0 Å². The summed E-state index contributed by atoms with van der Waals surface area (Å²) in [5.74, 6) is 1.13. The maximum Gasteiger partial charge on any atom is 0.122 e. The van der Waals surface area contributed by atoms with Crippen LogP contribution in [0.3, 0.4) is 0 Å². The van der Waals surface area contributed by atoms with E-state index in [4.69, 9.17) is 5.73 Å². The predicted octanol–water partition coefficient (Wildman–Crippen LogP) is -0.385. The summed E-state index contributed by atoms with van der Waals surface area (Å²) in [6.07, 6.45) is 3.86. The van der Waals surface area contributed by atoms with Crippen LogP contribution in [0.25, 0.3) is 0 Å². The highest BCUT2D eigenvalue weighted by Gasteiger charge is 2.13. The summed E-state index contributed by atoms with van der Waals surface area (Å²) in [5, 5.41) is 0. The number of nitrogens with two attached hydrogens (primary N) is 1. The molecular formula is C7H12N4. The van der Waals surface area contributed by atoms with E-state index in [2.05, 4.69) is 14.5 Å². The Kier molecular flexibility index (Phi) is 1.63. The van der Waals surface area contributed by atoms with Crippen molar-refractivity contribution in [2.75, 3.05) is 13.2 Å². The largest absolute Gasteiger partial charge is 0.333 e. The van der Waals surface area contributed by atoms with E-state index in [0.29, 0.717) is 6.67 Å². The number of hydrogen-bond acceptors (Lipinski definition) is 3. The summed E-state index contributed by atoms with van der Waals surface area (Å²) in [6, 6.07) is 0.